The lowest BCUT2D eigenvalue weighted by Gasteiger charge is -2.25. The van der Waals surface area contributed by atoms with Gasteiger partial charge in [-0.05, 0) is 31.5 Å². The molecule has 1 aromatic carbocycles. The second-order valence-corrected chi connectivity index (χ2v) is 6.86. The van der Waals surface area contributed by atoms with Crippen LogP contribution in [0.25, 0.3) is 0 Å². The molecule has 0 spiro atoms. The number of nitrogens with two attached hydrogens (primary N) is 1. The molecule has 0 bridgehead atoms. The zero-order valence-electron chi connectivity index (χ0n) is 11.1. The van der Waals surface area contributed by atoms with E-state index in [1.54, 1.807) is 11.3 Å². The Morgan fingerprint density at radius 3 is 2.74 bits per heavy atom. The summed E-state index contributed by atoms with van der Waals surface area (Å²) in [6.07, 6.45) is 1.87. The minimum atomic E-state index is 0.474. The summed E-state index contributed by atoms with van der Waals surface area (Å²) in [6.45, 7) is 6.23. The highest BCUT2D eigenvalue weighted by molar-refractivity contribution is 9.10. The molecule has 1 aromatic heterocycles. The standard InChI is InChI=1S/C14H18BrN3S/c1-10(2)18(9-13-7-17-14(16)19-13)8-11-4-3-5-12(15)6-11/h3-7,10H,8-9H2,1-2H3,(H2,16,17). The van der Waals surface area contributed by atoms with E-state index < -0.39 is 0 Å². The van der Waals surface area contributed by atoms with E-state index in [0.717, 1.165) is 17.6 Å². The van der Waals surface area contributed by atoms with Crippen LogP contribution in [-0.2, 0) is 13.1 Å². The molecule has 0 fully saturated rings. The second-order valence-electron chi connectivity index (χ2n) is 4.79. The Balaban J connectivity index is 2.08. The summed E-state index contributed by atoms with van der Waals surface area (Å²) in [6, 6.07) is 8.91. The van der Waals surface area contributed by atoms with Gasteiger partial charge >= 0.3 is 0 Å². The van der Waals surface area contributed by atoms with E-state index in [4.69, 9.17) is 5.73 Å². The molecule has 0 unspecified atom stereocenters. The minimum absolute atomic E-state index is 0.474. The van der Waals surface area contributed by atoms with Gasteiger partial charge in [0.05, 0.1) is 0 Å². The molecule has 0 aliphatic rings. The molecule has 3 nitrogen and oxygen atoms in total. The third kappa shape index (κ3) is 4.30. The first kappa shape index (κ1) is 14.5. The van der Waals surface area contributed by atoms with Crippen molar-refractivity contribution in [2.75, 3.05) is 5.73 Å². The van der Waals surface area contributed by atoms with Gasteiger partial charge in [-0.3, -0.25) is 4.90 Å². The van der Waals surface area contributed by atoms with Gasteiger partial charge in [-0.2, -0.15) is 0 Å². The molecule has 0 amide bonds. The topological polar surface area (TPSA) is 42.2 Å². The number of halogens is 1. The van der Waals surface area contributed by atoms with Crippen LogP contribution >= 0.6 is 27.3 Å². The minimum Gasteiger partial charge on any atom is -0.375 e. The molecular formula is C14H18BrN3S. The van der Waals surface area contributed by atoms with E-state index >= 15 is 0 Å². The van der Waals surface area contributed by atoms with Crippen LogP contribution in [0.3, 0.4) is 0 Å². The van der Waals surface area contributed by atoms with Gasteiger partial charge in [0.25, 0.3) is 0 Å². The van der Waals surface area contributed by atoms with Crippen molar-refractivity contribution in [3.8, 4) is 0 Å². The van der Waals surface area contributed by atoms with Crippen LogP contribution in [0.2, 0.25) is 0 Å². The van der Waals surface area contributed by atoms with Crippen molar-refractivity contribution >= 4 is 32.4 Å². The van der Waals surface area contributed by atoms with Crippen molar-refractivity contribution in [1.82, 2.24) is 9.88 Å². The molecule has 0 saturated heterocycles. The number of rotatable bonds is 5. The molecule has 0 saturated carbocycles. The van der Waals surface area contributed by atoms with Gasteiger partial charge in [-0.25, -0.2) is 4.98 Å². The zero-order chi connectivity index (χ0) is 13.8. The number of anilines is 1. The van der Waals surface area contributed by atoms with Crippen molar-refractivity contribution in [2.45, 2.75) is 33.0 Å². The smallest absolute Gasteiger partial charge is 0.180 e. The molecular weight excluding hydrogens is 322 g/mol. The van der Waals surface area contributed by atoms with Crippen molar-refractivity contribution in [1.29, 1.82) is 0 Å². The van der Waals surface area contributed by atoms with E-state index in [9.17, 15) is 0 Å². The average molecular weight is 340 g/mol. The molecule has 0 radical (unpaired) electrons. The molecule has 5 heteroatoms. The van der Waals surface area contributed by atoms with Crippen LogP contribution in [0.1, 0.15) is 24.3 Å². The molecule has 2 N–H and O–H groups in total. The number of hydrogen-bond acceptors (Lipinski definition) is 4. The number of aromatic nitrogens is 1. The Labute approximate surface area is 126 Å². The van der Waals surface area contributed by atoms with Crippen LogP contribution in [0.4, 0.5) is 5.13 Å². The maximum Gasteiger partial charge on any atom is 0.180 e. The lowest BCUT2D eigenvalue weighted by molar-refractivity contribution is 0.205. The van der Waals surface area contributed by atoms with Gasteiger partial charge in [0.2, 0.25) is 0 Å². The zero-order valence-corrected chi connectivity index (χ0v) is 13.5. The predicted molar refractivity (Wildman–Crippen MR) is 85.1 cm³/mol. The number of benzene rings is 1. The van der Waals surface area contributed by atoms with Crippen molar-refractivity contribution in [3.63, 3.8) is 0 Å². The summed E-state index contributed by atoms with van der Waals surface area (Å²) in [7, 11) is 0. The molecule has 19 heavy (non-hydrogen) atoms. The quantitative estimate of drug-likeness (QED) is 0.898. The average Bonchev–Trinajstić information content (AvgIpc) is 2.74. The summed E-state index contributed by atoms with van der Waals surface area (Å²) in [4.78, 5) is 7.73. The van der Waals surface area contributed by atoms with Gasteiger partial charge in [-0.15, -0.1) is 11.3 Å². The van der Waals surface area contributed by atoms with Crippen LogP contribution in [0, 0.1) is 0 Å². The van der Waals surface area contributed by atoms with Crippen LogP contribution in [0.5, 0.6) is 0 Å². The van der Waals surface area contributed by atoms with E-state index in [-0.39, 0.29) is 0 Å². The maximum absolute atomic E-state index is 5.69. The maximum atomic E-state index is 5.69. The highest BCUT2D eigenvalue weighted by atomic mass is 79.9. The monoisotopic (exact) mass is 339 g/mol. The first-order chi connectivity index (χ1) is 9.04. The molecule has 1 heterocycles. The third-order valence-corrected chi connectivity index (χ3v) is 4.24. The fraction of sp³-hybridized carbons (Fsp3) is 0.357. The third-order valence-electron chi connectivity index (χ3n) is 2.94. The Morgan fingerprint density at radius 2 is 2.16 bits per heavy atom. The van der Waals surface area contributed by atoms with Crippen molar-refractivity contribution < 1.29 is 0 Å². The fourth-order valence-corrected chi connectivity index (χ4v) is 3.04. The molecule has 0 aliphatic heterocycles. The normalized spacial score (nSPS) is 11.4. The first-order valence-electron chi connectivity index (χ1n) is 6.23. The lowest BCUT2D eigenvalue weighted by Crippen LogP contribution is -2.29. The van der Waals surface area contributed by atoms with Gasteiger partial charge in [-0.1, -0.05) is 28.1 Å². The van der Waals surface area contributed by atoms with Crippen LogP contribution in [0.15, 0.2) is 34.9 Å². The van der Waals surface area contributed by atoms with Gasteiger partial charge in [0.15, 0.2) is 5.13 Å². The lowest BCUT2D eigenvalue weighted by atomic mass is 10.2. The molecule has 0 aliphatic carbocycles. The van der Waals surface area contributed by atoms with E-state index in [2.05, 4.69) is 57.9 Å². The van der Waals surface area contributed by atoms with Crippen LogP contribution < -0.4 is 5.73 Å². The second kappa shape index (κ2) is 6.50. The van der Waals surface area contributed by atoms with Crippen molar-refractivity contribution in [3.05, 3.63) is 45.4 Å². The molecule has 2 rings (SSSR count). The van der Waals surface area contributed by atoms with Gasteiger partial charge < -0.3 is 5.73 Å². The Hall–Kier alpha value is -0.910. The number of nitrogens with zero attached hydrogens (tertiary/aromatic N) is 2. The summed E-state index contributed by atoms with van der Waals surface area (Å²) < 4.78 is 1.12. The largest absolute Gasteiger partial charge is 0.375 e. The fourth-order valence-electron chi connectivity index (χ4n) is 1.89. The summed E-state index contributed by atoms with van der Waals surface area (Å²) in [5.41, 5.74) is 6.99. The summed E-state index contributed by atoms with van der Waals surface area (Å²) in [5, 5.41) is 0.640. The van der Waals surface area contributed by atoms with Crippen LogP contribution in [-0.4, -0.2) is 15.9 Å². The highest BCUT2D eigenvalue weighted by Gasteiger charge is 2.12. The van der Waals surface area contributed by atoms with E-state index in [1.807, 2.05) is 12.3 Å². The first-order valence-corrected chi connectivity index (χ1v) is 7.84. The molecule has 2 aromatic rings. The number of nitrogen functional groups attached to an aromatic ring is 1. The predicted octanol–water partition coefficient (Wildman–Crippen LogP) is 3.90. The Morgan fingerprint density at radius 1 is 1.37 bits per heavy atom. The molecule has 0 atom stereocenters. The summed E-state index contributed by atoms with van der Waals surface area (Å²) in [5.74, 6) is 0. The Kier molecular flexibility index (Phi) is 4.96. The highest BCUT2D eigenvalue weighted by Crippen LogP contribution is 2.20. The Bertz CT molecular complexity index is 539. The van der Waals surface area contributed by atoms with Crippen molar-refractivity contribution in [2.24, 2.45) is 0 Å². The number of hydrogen-bond donors (Lipinski definition) is 1. The number of thiazole rings is 1. The van der Waals surface area contributed by atoms with Gasteiger partial charge in [0, 0.05) is 34.7 Å². The SMILES string of the molecule is CC(C)N(Cc1cccc(Br)c1)Cc1cnc(N)s1. The van der Waals surface area contributed by atoms with E-state index in [0.29, 0.717) is 11.2 Å². The van der Waals surface area contributed by atoms with Gasteiger partial charge in [0.1, 0.15) is 0 Å². The molecule has 102 valence electrons. The summed E-state index contributed by atoms with van der Waals surface area (Å²) >= 11 is 5.08. The van der Waals surface area contributed by atoms with E-state index in [1.165, 1.54) is 10.4 Å².